The van der Waals surface area contributed by atoms with Crippen LogP contribution in [0.1, 0.15) is 0 Å². The van der Waals surface area contributed by atoms with Crippen molar-refractivity contribution in [1.82, 2.24) is 0 Å². The largest absolute Gasteiger partial charge is 0.398 e. The van der Waals surface area contributed by atoms with Crippen LogP contribution < -0.4 is 5.73 Å². The normalized spacial score (nSPS) is 13.2. The molecule has 0 spiro atoms. The Hall–Kier alpha value is -2.46. The van der Waals surface area contributed by atoms with Gasteiger partial charge in [0.2, 0.25) is 0 Å². The first kappa shape index (κ1) is 16.0. The fourth-order valence-electron chi connectivity index (χ4n) is 3.29. The van der Waals surface area contributed by atoms with Crippen molar-refractivity contribution in [3.8, 4) is 0 Å². The van der Waals surface area contributed by atoms with Crippen LogP contribution >= 0.6 is 0 Å². The molecule has 0 fully saturated rings. The van der Waals surface area contributed by atoms with Gasteiger partial charge in [-0.1, -0.05) is 24.3 Å². The van der Waals surface area contributed by atoms with E-state index in [1.807, 2.05) is 0 Å². The zero-order chi connectivity index (χ0) is 18.1. The molecule has 4 N–H and O–H groups in total. The third-order valence-electron chi connectivity index (χ3n) is 4.29. The van der Waals surface area contributed by atoms with Crippen molar-refractivity contribution in [3.05, 3.63) is 42.5 Å². The molecule has 0 atom stereocenters. The Labute approximate surface area is 142 Å². The molecule has 4 aromatic carbocycles. The van der Waals surface area contributed by atoms with E-state index in [1.165, 1.54) is 18.2 Å². The zero-order valence-corrected chi connectivity index (χ0v) is 14.1. The number of nitrogen functional groups attached to an aromatic ring is 1. The van der Waals surface area contributed by atoms with Crippen LogP contribution in [0.5, 0.6) is 0 Å². The van der Waals surface area contributed by atoms with Crippen molar-refractivity contribution in [1.29, 1.82) is 0 Å². The smallest absolute Gasteiger partial charge is 0.295 e. The molecule has 0 aromatic heterocycles. The molecule has 25 heavy (non-hydrogen) atoms. The molecule has 0 bridgehead atoms. The van der Waals surface area contributed by atoms with Crippen LogP contribution in [0.15, 0.2) is 52.3 Å². The van der Waals surface area contributed by atoms with E-state index in [1.54, 1.807) is 18.2 Å². The second-order valence-corrected chi connectivity index (χ2v) is 8.50. The van der Waals surface area contributed by atoms with Crippen LogP contribution in [0.25, 0.3) is 32.3 Å². The van der Waals surface area contributed by atoms with E-state index >= 15 is 0 Å². The highest BCUT2D eigenvalue weighted by molar-refractivity contribution is 7.86. The third-order valence-corrected chi connectivity index (χ3v) is 6.10. The Morgan fingerprint density at radius 2 is 1.24 bits per heavy atom. The Morgan fingerprint density at radius 1 is 0.680 bits per heavy atom. The van der Waals surface area contributed by atoms with Crippen molar-refractivity contribution >= 4 is 58.2 Å². The predicted molar refractivity (Wildman–Crippen MR) is 94.2 cm³/mol. The van der Waals surface area contributed by atoms with Crippen molar-refractivity contribution in [2.24, 2.45) is 0 Å². The van der Waals surface area contributed by atoms with Gasteiger partial charge in [-0.05, 0) is 29.0 Å². The van der Waals surface area contributed by atoms with Crippen molar-refractivity contribution in [3.63, 3.8) is 0 Å². The fourth-order valence-corrected chi connectivity index (χ4v) is 4.69. The molecule has 4 aromatic rings. The highest BCUT2D eigenvalue weighted by Crippen LogP contribution is 2.41. The molecule has 0 radical (unpaired) electrons. The molecule has 9 heteroatoms. The highest BCUT2D eigenvalue weighted by atomic mass is 32.2. The minimum atomic E-state index is -4.58. The number of anilines is 1. The lowest BCUT2D eigenvalue weighted by Gasteiger charge is -2.16. The summed E-state index contributed by atoms with van der Waals surface area (Å²) in [5.74, 6) is 0. The Morgan fingerprint density at radius 3 is 1.88 bits per heavy atom. The Bertz CT molecular complexity index is 1390. The minimum absolute atomic E-state index is 0.147. The summed E-state index contributed by atoms with van der Waals surface area (Å²) in [6.07, 6.45) is 0. The molecule has 0 unspecified atom stereocenters. The maximum Gasteiger partial charge on any atom is 0.295 e. The monoisotopic (exact) mass is 377 g/mol. The van der Waals surface area contributed by atoms with Crippen LogP contribution in [-0.2, 0) is 20.2 Å². The molecule has 7 nitrogen and oxygen atoms in total. The van der Waals surface area contributed by atoms with Gasteiger partial charge in [0.1, 0.15) is 9.79 Å². The van der Waals surface area contributed by atoms with E-state index in [9.17, 15) is 25.9 Å². The summed E-state index contributed by atoms with van der Waals surface area (Å²) in [4.78, 5) is -0.726. The lowest BCUT2D eigenvalue weighted by atomic mass is 9.93. The van der Waals surface area contributed by atoms with Gasteiger partial charge in [-0.2, -0.15) is 16.8 Å². The minimum Gasteiger partial charge on any atom is -0.398 e. The van der Waals surface area contributed by atoms with Gasteiger partial charge in [-0.15, -0.1) is 0 Å². The van der Waals surface area contributed by atoms with Crippen LogP contribution in [0, 0.1) is 0 Å². The van der Waals surface area contributed by atoms with E-state index in [0.29, 0.717) is 16.2 Å². The first-order valence-corrected chi connectivity index (χ1v) is 9.92. The Balaban J connectivity index is 2.44. The number of benzene rings is 4. The summed E-state index contributed by atoms with van der Waals surface area (Å²) < 4.78 is 66.1. The van der Waals surface area contributed by atoms with Gasteiger partial charge < -0.3 is 5.73 Å². The maximum absolute atomic E-state index is 11.8. The van der Waals surface area contributed by atoms with Gasteiger partial charge in [-0.25, -0.2) is 0 Å². The lowest BCUT2D eigenvalue weighted by Crippen LogP contribution is -2.04. The number of hydrogen-bond acceptors (Lipinski definition) is 5. The number of rotatable bonds is 2. The molecule has 0 aliphatic carbocycles. The Kier molecular flexibility index (Phi) is 3.07. The summed E-state index contributed by atoms with van der Waals surface area (Å²) >= 11 is 0. The van der Waals surface area contributed by atoms with Crippen molar-refractivity contribution < 1.29 is 25.9 Å². The molecule has 0 saturated carbocycles. The van der Waals surface area contributed by atoms with Crippen LogP contribution in [0.4, 0.5) is 5.69 Å². The zero-order valence-electron chi connectivity index (χ0n) is 12.5. The standard InChI is InChI=1S/C16H11NO6S2/c17-12-5-2-8-1-3-9-13(24(18,19)20)6-4-10-14(25(21,22)23)7-11(12)15(8)16(9)10/h1-7H,17H2,(H,18,19,20)(H,21,22,23). The van der Waals surface area contributed by atoms with E-state index in [4.69, 9.17) is 5.73 Å². The molecule has 0 aliphatic rings. The SMILES string of the molecule is Nc1ccc2ccc3c(S(=O)(=O)O)ccc4c(S(=O)(=O)O)cc1c2c34. The van der Waals surface area contributed by atoms with Crippen LogP contribution in [0.3, 0.4) is 0 Å². The molecular formula is C16H11NO6S2. The van der Waals surface area contributed by atoms with E-state index < -0.39 is 20.2 Å². The van der Waals surface area contributed by atoms with Crippen molar-refractivity contribution in [2.45, 2.75) is 9.79 Å². The average Bonchev–Trinajstić information content (AvgIpc) is 2.51. The quantitative estimate of drug-likeness (QED) is 0.278. The third kappa shape index (κ3) is 2.24. The molecule has 0 heterocycles. The summed E-state index contributed by atoms with van der Waals surface area (Å²) in [5.41, 5.74) is 6.24. The van der Waals surface area contributed by atoms with Gasteiger partial charge in [0.05, 0.1) is 0 Å². The summed E-state index contributed by atoms with van der Waals surface area (Å²) in [6, 6.07) is 10.1. The highest BCUT2D eigenvalue weighted by Gasteiger charge is 2.23. The molecule has 4 rings (SSSR count). The van der Waals surface area contributed by atoms with E-state index in [2.05, 4.69) is 0 Å². The first-order valence-electron chi connectivity index (χ1n) is 7.04. The number of nitrogens with two attached hydrogens (primary N) is 1. The van der Waals surface area contributed by atoms with Crippen LogP contribution in [0.2, 0.25) is 0 Å². The summed E-state index contributed by atoms with van der Waals surface area (Å²) in [5, 5.41) is 2.24. The van der Waals surface area contributed by atoms with Gasteiger partial charge in [-0.3, -0.25) is 9.11 Å². The second-order valence-electron chi connectivity index (χ2n) is 5.72. The van der Waals surface area contributed by atoms with E-state index in [0.717, 1.165) is 11.5 Å². The fraction of sp³-hybridized carbons (Fsp3) is 0. The molecular weight excluding hydrogens is 366 g/mol. The molecule has 0 amide bonds. The van der Waals surface area contributed by atoms with E-state index in [-0.39, 0.29) is 26.3 Å². The number of hydrogen-bond donors (Lipinski definition) is 3. The average molecular weight is 377 g/mol. The van der Waals surface area contributed by atoms with Crippen molar-refractivity contribution in [2.75, 3.05) is 5.73 Å². The predicted octanol–water partition coefficient (Wildman–Crippen LogP) is 2.66. The summed E-state index contributed by atoms with van der Waals surface area (Å²) in [7, 11) is -9.11. The van der Waals surface area contributed by atoms with Gasteiger partial charge in [0.15, 0.2) is 0 Å². The lowest BCUT2D eigenvalue weighted by molar-refractivity contribution is 0.482. The van der Waals surface area contributed by atoms with Gasteiger partial charge in [0, 0.05) is 27.2 Å². The topological polar surface area (TPSA) is 135 Å². The molecule has 0 aliphatic heterocycles. The summed E-state index contributed by atoms with van der Waals surface area (Å²) in [6.45, 7) is 0. The molecule has 128 valence electrons. The molecule has 0 saturated heterocycles. The second kappa shape index (κ2) is 4.79. The van der Waals surface area contributed by atoms with Gasteiger partial charge >= 0.3 is 0 Å². The first-order chi connectivity index (χ1) is 11.6. The maximum atomic E-state index is 11.8. The van der Waals surface area contributed by atoms with Crippen LogP contribution in [-0.4, -0.2) is 25.9 Å². The van der Waals surface area contributed by atoms with Gasteiger partial charge in [0.25, 0.3) is 20.2 Å².